The van der Waals surface area contributed by atoms with Gasteiger partial charge in [0.05, 0.1) is 0 Å². The van der Waals surface area contributed by atoms with E-state index in [4.69, 9.17) is 15.3 Å². The van der Waals surface area contributed by atoms with Gasteiger partial charge in [-0.25, -0.2) is 0 Å². The molecule has 0 aromatic rings. The normalized spacial score (nSPS) is 3.17. The highest BCUT2D eigenvalue weighted by atomic mass is 27.0. The van der Waals surface area contributed by atoms with Crippen LogP contribution in [-0.2, 0) is 4.79 Å². The third kappa shape index (κ3) is 2680. The van der Waals surface area contributed by atoms with Gasteiger partial charge in [0.2, 0.25) is 0 Å². The molecule has 0 amide bonds. The van der Waals surface area contributed by atoms with Crippen LogP contribution in [-0.4, -0.2) is 34.2 Å². The van der Waals surface area contributed by atoms with Crippen LogP contribution in [0.1, 0.15) is 6.92 Å². The van der Waals surface area contributed by atoms with Gasteiger partial charge in [-0.3, -0.25) is 10.5 Å². The lowest BCUT2D eigenvalue weighted by molar-refractivity contribution is -0.176. The Kier molecular flexibility index (Phi) is 190. The lowest BCUT2D eigenvalue weighted by Gasteiger charge is -1.25. The van der Waals surface area contributed by atoms with Crippen molar-refractivity contribution < 1.29 is 15.3 Å². The first kappa shape index (κ1) is 16.5. The summed E-state index contributed by atoms with van der Waals surface area (Å²) < 4.78 is 0. The van der Waals surface area contributed by atoms with Crippen LogP contribution in [0.4, 0.5) is 0 Å². The van der Waals surface area contributed by atoms with E-state index in [0.717, 1.165) is 6.29 Å². The molecule has 0 heterocycles. The highest BCUT2D eigenvalue weighted by molar-refractivity contribution is 5.75. The third-order valence-electron chi connectivity index (χ3n) is 0. The van der Waals surface area contributed by atoms with Gasteiger partial charge in [0, 0.05) is 0 Å². The number of carbonyl (C=O) groups excluding carboxylic acids is 1. The molecule has 0 aromatic carbocycles. The van der Waals surface area contributed by atoms with Gasteiger partial charge in [0.25, 0.3) is 0 Å². The number of rotatable bonds is 0. The zero-order valence-corrected chi connectivity index (χ0v) is 2.88. The van der Waals surface area contributed by atoms with Crippen LogP contribution >= 0.6 is 0 Å². The van der Waals surface area contributed by atoms with Crippen LogP contribution in [0.2, 0.25) is 0 Å². The van der Waals surface area contributed by atoms with Crippen LogP contribution in [0, 0.1) is 0 Å². The van der Waals surface area contributed by atoms with Gasteiger partial charge in [-0.15, -0.1) is 0 Å². The Morgan fingerprint density at radius 2 is 1.50 bits per heavy atom. The maximum absolute atomic E-state index is 8.81. The topological polar surface area (TPSA) is 57.5 Å². The minimum atomic E-state index is 0. The fourth-order valence-electron chi connectivity index (χ4n) is 0. The van der Waals surface area contributed by atoms with Crippen LogP contribution < -0.4 is 0 Å². The fraction of sp³-hybridized carbons (Fsp3) is 0.500. The molecule has 38 valence electrons. The number of hydrogen-bond donors (Lipinski definition) is 2. The quantitative estimate of drug-likeness (QED) is 0.182. The molecule has 0 aromatic heterocycles. The van der Waals surface area contributed by atoms with E-state index in [1.807, 2.05) is 0 Å². The second kappa shape index (κ2) is 69.1. The number of hydrogen-bond acceptors (Lipinski definition) is 3. The van der Waals surface area contributed by atoms with Gasteiger partial charge in [-0.1, -0.05) is 0 Å². The lowest BCUT2D eigenvalue weighted by atomic mass is 11.0. The monoisotopic (exact) mass is 108 g/mol. The molecule has 6 heavy (non-hydrogen) atoms. The molecular weight excluding hydrogens is 99.0 g/mol. The third-order valence-corrected chi connectivity index (χ3v) is 0. The molecule has 0 saturated heterocycles. The van der Waals surface area contributed by atoms with Gasteiger partial charge >= 0.3 is 0 Å². The van der Waals surface area contributed by atoms with Crippen LogP contribution in [0.3, 0.4) is 0 Å². The molecule has 0 spiro atoms. The molecule has 0 fully saturated rings. The summed E-state index contributed by atoms with van der Waals surface area (Å²) in [6, 6.07) is 0. The van der Waals surface area contributed by atoms with Crippen LogP contribution in [0.15, 0.2) is 0 Å². The van der Waals surface area contributed by atoms with E-state index in [2.05, 4.69) is 0 Å². The molecule has 0 radical (unpaired) electrons. The highest BCUT2D eigenvalue weighted by Gasteiger charge is 1.24. The molecule has 0 aliphatic heterocycles. The van der Waals surface area contributed by atoms with E-state index in [0.29, 0.717) is 0 Å². The first-order valence-electron chi connectivity index (χ1n) is 1.01. The maximum Gasteiger partial charge on any atom is 0.187 e. The average molecular weight is 108 g/mol. The van der Waals surface area contributed by atoms with Crippen molar-refractivity contribution in [2.75, 3.05) is 0 Å². The molecular formula is C2H9AlO3. The van der Waals surface area contributed by atoms with Crippen molar-refractivity contribution >= 4 is 23.6 Å². The number of carbonyl (C=O) groups is 1. The predicted octanol–water partition coefficient (Wildman–Crippen LogP) is -0.961. The van der Waals surface area contributed by atoms with Gasteiger partial charge < -0.3 is 4.79 Å². The Labute approximate surface area is 46.7 Å². The Morgan fingerprint density at radius 1 is 1.50 bits per heavy atom. The SMILES string of the molecule is CC=O.OO.[AlH3]. The van der Waals surface area contributed by atoms with E-state index in [1.54, 1.807) is 0 Å². The van der Waals surface area contributed by atoms with Gasteiger partial charge in [-0.2, -0.15) is 0 Å². The summed E-state index contributed by atoms with van der Waals surface area (Å²) in [5, 5.41) is 12.0. The number of aldehydes is 1. The molecule has 0 aliphatic rings. The second-order valence-corrected chi connectivity index (χ2v) is 0.236. The second-order valence-electron chi connectivity index (χ2n) is 0.236. The molecule has 0 atom stereocenters. The first-order chi connectivity index (χ1) is 2.41. The van der Waals surface area contributed by atoms with Crippen LogP contribution in [0.25, 0.3) is 0 Å². The van der Waals surface area contributed by atoms with E-state index < -0.39 is 0 Å². The van der Waals surface area contributed by atoms with E-state index in [-0.39, 0.29) is 17.4 Å². The first-order valence-corrected chi connectivity index (χ1v) is 1.01. The summed E-state index contributed by atoms with van der Waals surface area (Å²) in [4.78, 5) is 8.81. The zero-order chi connectivity index (χ0) is 4.71. The minimum absolute atomic E-state index is 0. The maximum atomic E-state index is 8.81. The van der Waals surface area contributed by atoms with Crippen molar-refractivity contribution in [2.24, 2.45) is 0 Å². The molecule has 0 aliphatic carbocycles. The van der Waals surface area contributed by atoms with E-state index in [9.17, 15) is 0 Å². The Morgan fingerprint density at radius 3 is 1.50 bits per heavy atom. The molecule has 0 unspecified atom stereocenters. The van der Waals surface area contributed by atoms with Crippen molar-refractivity contribution in [1.82, 2.24) is 0 Å². The fourth-order valence-corrected chi connectivity index (χ4v) is 0. The van der Waals surface area contributed by atoms with Crippen molar-refractivity contribution in [3.63, 3.8) is 0 Å². The van der Waals surface area contributed by atoms with Gasteiger partial charge in [0.1, 0.15) is 6.29 Å². The van der Waals surface area contributed by atoms with Crippen molar-refractivity contribution in [2.45, 2.75) is 6.92 Å². The summed E-state index contributed by atoms with van der Waals surface area (Å²) in [6.07, 6.45) is 0.750. The molecule has 4 heteroatoms. The average Bonchev–Trinajstić information content (AvgIpc) is 1.46. The molecule has 3 nitrogen and oxygen atoms in total. The Hall–Kier alpha value is 0.122. The molecule has 0 saturated carbocycles. The summed E-state index contributed by atoms with van der Waals surface area (Å²) in [7, 11) is 0. The van der Waals surface area contributed by atoms with Crippen molar-refractivity contribution in [3.8, 4) is 0 Å². The van der Waals surface area contributed by atoms with Gasteiger partial charge in [0.15, 0.2) is 17.4 Å². The Balaban J connectivity index is -0.0000000275. The zero-order valence-electron chi connectivity index (χ0n) is 2.88. The molecule has 0 rings (SSSR count). The summed E-state index contributed by atoms with van der Waals surface area (Å²) in [5.41, 5.74) is 0. The summed E-state index contributed by atoms with van der Waals surface area (Å²) in [5.74, 6) is 0. The van der Waals surface area contributed by atoms with Crippen molar-refractivity contribution in [3.05, 3.63) is 0 Å². The van der Waals surface area contributed by atoms with Crippen LogP contribution in [0.5, 0.6) is 0 Å². The summed E-state index contributed by atoms with van der Waals surface area (Å²) in [6.45, 7) is 1.44. The predicted molar refractivity (Wildman–Crippen MR) is 26.9 cm³/mol. The lowest BCUT2D eigenvalue weighted by Crippen LogP contribution is -1.36. The largest absolute Gasteiger partial charge is 0.304 e. The summed E-state index contributed by atoms with van der Waals surface area (Å²) >= 11 is 0. The highest BCUT2D eigenvalue weighted by Crippen LogP contribution is 1.13. The van der Waals surface area contributed by atoms with E-state index >= 15 is 0 Å². The van der Waals surface area contributed by atoms with E-state index in [1.165, 1.54) is 6.92 Å². The van der Waals surface area contributed by atoms with Crippen molar-refractivity contribution in [1.29, 1.82) is 0 Å². The molecule has 0 bridgehead atoms. The smallest absolute Gasteiger partial charge is 0.187 e. The molecule has 2 N–H and O–H groups in total. The minimum Gasteiger partial charge on any atom is -0.304 e. The van der Waals surface area contributed by atoms with Gasteiger partial charge in [-0.05, 0) is 6.92 Å². The standard InChI is InChI=1S/C2H4O.Al.H2O2.3H/c1-2-3;;1-2;;;/h2H,1H3;;1-2H;;;. The Bertz CT molecular complexity index is 16.3.